The summed E-state index contributed by atoms with van der Waals surface area (Å²) in [6, 6.07) is 17.0. The molecule has 0 aliphatic carbocycles. The number of hydrogen-bond donors (Lipinski definition) is 3. The minimum atomic E-state index is -0.0588. The molecule has 0 aliphatic heterocycles. The van der Waals surface area contributed by atoms with Crippen molar-refractivity contribution in [2.24, 2.45) is 5.92 Å². The molecule has 0 radical (unpaired) electrons. The molecule has 0 bridgehead atoms. The van der Waals surface area contributed by atoms with Crippen molar-refractivity contribution in [1.29, 1.82) is 0 Å². The monoisotopic (exact) mass is 405 g/mol. The van der Waals surface area contributed by atoms with Crippen LogP contribution in [0.3, 0.4) is 0 Å². The lowest BCUT2D eigenvalue weighted by atomic mass is 9.99. The van der Waals surface area contributed by atoms with Gasteiger partial charge in [-0.15, -0.1) is 0 Å². The fourth-order valence-corrected chi connectivity index (χ4v) is 3.76. The molecule has 0 unspecified atom stereocenters. The lowest BCUT2D eigenvalue weighted by molar-refractivity contribution is 0.451. The van der Waals surface area contributed by atoms with Crippen LogP contribution >= 0.6 is 12.2 Å². The van der Waals surface area contributed by atoms with Gasteiger partial charge in [0.05, 0.1) is 11.3 Å². The Hall–Kier alpha value is -3.12. The molecule has 0 saturated heterocycles. The third-order valence-electron chi connectivity index (χ3n) is 5.07. The van der Waals surface area contributed by atoms with Crippen molar-refractivity contribution in [3.63, 3.8) is 0 Å². The molecule has 0 amide bonds. The summed E-state index contributed by atoms with van der Waals surface area (Å²) in [4.78, 5) is 0. The minimum Gasteiger partial charge on any atom is -0.508 e. The van der Waals surface area contributed by atoms with Gasteiger partial charge in [0.25, 0.3) is 0 Å². The molecule has 6 heteroatoms. The number of rotatable bonds is 5. The Bertz CT molecular complexity index is 1240. The molecule has 29 heavy (non-hydrogen) atoms. The molecule has 1 heterocycles. The highest BCUT2D eigenvalue weighted by molar-refractivity contribution is 7.71. The Labute approximate surface area is 174 Å². The summed E-state index contributed by atoms with van der Waals surface area (Å²) in [6.45, 7) is 4.47. The average Bonchev–Trinajstić information content (AvgIpc) is 3.06. The molecule has 0 aliphatic rings. The van der Waals surface area contributed by atoms with E-state index in [-0.39, 0.29) is 11.5 Å². The number of nitrogens with zero attached hydrogens (tertiary/aromatic N) is 2. The molecular weight excluding hydrogens is 382 g/mol. The molecular formula is C23H23N3O2S. The number of phenolic OH excluding ortho intramolecular Hbond substituents is 2. The minimum absolute atomic E-state index is 0.00831. The molecule has 4 aromatic rings. The molecule has 3 N–H and O–H groups in total. The van der Waals surface area contributed by atoms with Crippen LogP contribution in [0.2, 0.25) is 0 Å². The zero-order chi connectivity index (χ0) is 20.5. The van der Waals surface area contributed by atoms with Crippen molar-refractivity contribution in [2.75, 3.05) is 0 Å². The smallest absolute Gasteiger partial charge is 0.200 e. The van der Waals surface area contributed by atoms with E-state index in [1.807, 2.05) is 16.7 Å². The van der Waals surface area contributed by atoms with E-state index in [0.29, 0.717) is 22.1 Å². The molecule has 0 spiro atoms. The molecule has 3 aromatic carbocycles. The van der Waals surface area contributed by atoms with Crippen molar-refractivity contribution >= 4 is 23.0 Å². The lowest BCUT2D eigenvalue weighted by Crippen LogP contribution is -1.99. The SMILES string of the molecule is CC(C)CCc1ccc2c(-n3c(-c4ccc(O)cc4O)n[nH]c3=S)cccc2c1. The molecule has 0 saturated carbocycles. The van der Waals surface area contributed by atoms with E-state index in [2.05, 4.69) is 48.3 Å². The summed E-state index contributed by atoms with van der Waals surface area (Å²) in [5.41, 5.74) is 2.69. The fraction of sp³-hybridized carbons (Fsp3) is 0.217. The van der Waals surface area contributed by atoms with Crippen molar-refractivity contribution in [1.82, 2.24) is 14.8 Å². The standard InChI is InChI=1S/C23H23N3O2S/c1-14(2)6-7-15-8-10-18-16(12-15)4-3-5-20(18)26-22(24-25-23(26)29)19-11-9-17(27)13-21(19)28/h3-5,8-14,27-28H,6-7H2,1-2H3,(H,25,29). The van der Waals surface area contributed by atoms with Gasteiger partial charge in [-0.25, -0.2) is 0 Å². The Balaban J connectivity index is 1.85. The number of benzene rings is 3. The maximum atomic E-state index is 10.3. The van der Waals surface area contributed by atoms with E-state index in [1.165, 1.54) is 17.7 Å². The number of aromatic amines is 1. The van der Waals surface area contributed by atoms with Crippen LogP contribution < -0.4 is 0 Å². The van der Waals surface area contributed by atoms with Crippen LogP contribution in [0, 0.1) is 10.7 Å². The second-order valence-electron chi connectivity index (χ2n) is 7.65. The van der Waals surface area contributed by atoms with Crippen molar-refractivity contribution in [3.8, 4) is 28.6 Å². The zero-order valence-electron chi connectivity index (χ0n) is 16.4. The molecule has 0 fully saturated rings. The van der Waals surface area contributed by atoms with Gasteiger partial charge in [-0.2, -0.15) is 5.10 Å². The number of H-pyrrole nitrogens is 1. The van der Waals surface area contributed by atoms with E-state index in [1.54, 1.807) is 6.07 Å². The van der Waals surface area contributed by atoms with Crippen LogP contribution in [0.15, 0.2) is 54.6 Å². The Morgan fingerprint density at radius 3 is 2.66 bits per heavy atom. The van der Waals surface area contributed by atoms with Gasteiger partial charge in [-0.1, -0.05) is 44.2 Å². The molecule has 148 valence electrons. The first kappa shape index (κ1) is 19.2. The van der Waals surface area contributed by atoms with Crippen LogP contribution in [0.1, 0.15) is 25.8 Å². The second-order valence-corrected chi connectivity index (χ2v) is 8.04. The van der Waals surface area contributed by atoms with Gasteiger partial charge in [0, 0.05) is 11.5 Å². The summed E-state index contributed by atoms with van der Waals surface area (Å²) < 4.78 is 2.25. The topological polar surface area (TPSA) is 74.1 Å². The van der Waals surface area contributed by atoms with Crippen molar-refractivity contribution < 1.29 is 10.2 Å². The van der Waals surface area contributed by atoms with Crippen molar-refractivity contribution in [2.45, 2.75) is 26.7 Å². The quantitative estimate of drug-likeness (QED) is 0.370. The third kappa shape index (κ3) is 3.76. The predicted octanol–water partition coefficient (Wildman–Crippen LogP) is 5.75. The molecule has 5 nitrogen and oxygen atoms in total. The van der Waals surface area contributed by atoms with E-state index >= 15 is 0 Å². The van der Waals surface area contributed by atoms with Gasteiger partial charge in [-0.05, 0) is 60.1 Å². The Morgan fingerprint density at radius 2 is 1.90 bits per heavy atom. The summed E-state index contributed by atoms with van der Waals surface area (Å²) >= 11 is 5.50. The number of nitrogens with one attached hydrogen (secondary N) is 1. The average molecular weight is 406 g/mol. The summed E-state index contributed by atoms with van der Waals surface area (Å²) in [5.74, 6) is 1.09. The molecule has 4 rings (SSSR count). The van der Waals surface area contributed by atoms with Crippen LogP contribution in [0.25, 0.3) is 27.8 Å². The van der Waals surface area contributed by atoms with Crippen LogP contribution in [-0.4, -0.2) is 25.0 Å². The molecule has 0 atom stereocenters. The predicted molar refractivity (Wildman–Crippen MR) is 118 cm³/mol. The largest absolute Gasteiger partial charge is 0.508 e. The van der Waals surface area contributed by atoms with E-state index in [9.17, 15) is 10.2 Å². The number of aromatic hydroxyl groups is 2. The van der Waals surface area contributed by atoms with Crippen LogP contribution in [-0.2, 0) is 6.42 Å². The first-order chi connectivity index (χ1) is 13.9. The highest BCUT2D eigenvalue weighted by atomic mass is 32.1. The van der Waals surface area contributed by atoms with E-state index < -0.39 is 0 Å². The Kier molecular flexibility index (Phi) is 5.11. The second kappa shape index (κ2) is 7.72. The first-order valence-electron chi connectivity index (χ1n) is 9.66. The number of hydrogen-bond acceptors (Lipinski definition) is 4. The van der Waals surface area contributed by atoms with Gasteiger partial charge in [0.1, 0.15) is 11.5 Å². The van der Waals surface area contributed by atoms with Crippen molar-refractivity contribution in [3.05, 3.63) is 64.9 Å². The Morgan fingerprint density at radius 1 is 1.07 bits per heavy atom. The van der Waals surface area contributed by atoms with Crippen LogP contribution in [0.5, 0.6) is 11.5 Å². The van der Waals surface area contributed by atoms with E-state index in [4.69, 9.17) is 12.2 Å². The first-order valence-corrected chi connectivity index (χ1v) is 10.1. The summed E-state index contributed by atoms with van der Waals surface area (Å²) in [7, 11) is 0. The zero-order valence-corrected chi connectivity index (χ0v) is 17.2. The van der Waals surface area contributed by atoms with Gasteiger partial charge in [0.15, 0.2) is 10.6 Å². The van der Waals surface area contributed by atoms with Gasteiger partial charge in [0.2, 0.25) is 0 Å². The van der Waals surface area contributed by atoms with E-state index in [0.717, 1.165) is 29.3 Å². The molecule has 1 aromatic heterocycles. The van der Waals surface area contributed by atoms with Gasteiger partial charge < -0.3 is 10.2 Å². The third-order valence-corrected chi connectivity index (χ3v) is 5.34. The van der Waals surface area contributed by atoms with Gasteiger partial charge >= 0.3 is 0 Å². The highest BCUT2D eigenvalue weighted by Gasteiger charge is 2.16. The highest BCUT2D eigenvalue weighted by Crippen LogP contribution is 2.34. The normalized spacial score (nSPS) is 11.4. The maximum absolute atomic E-state index is 10.3. The summed E-state index contributed by atoms with van der Waals surface area (Å²) in [5, 5.41) is 29.3. The number of aromatic nitrogens is 3. The lowest BCUT2D eigenvalue weighted by Gasteiger charge is -2.13. The van der Waals surface area contributed by atoms with Gasteiger partial charge in [-0.3, -0.25) is 9.67 Å². The maximum Gasteiger partial charge on any atom is 0.200 e. The number of aryl methyl sites for hydroxylation is 1. The fourth-order valence-electron chi connectivity index (χ4n) is 3.53. The van der Waals surface area contributed by atoms with Crippen LogP contribution in [0.4, 0.5) is 0 Å². The summed E-state index contributed by atoms with van der Waals surface area (Å²) in [6.07, 6.45) is 2.21. The number of phenols is 2. The number of fused-ring (bicyclic) bond motifs is 1.